The number of hydrogen-bond donors (Lipinski definition) is 0. The molecule has 6 heteroatoms. The minimum Gasteiger partial charge on any atom is -0.298 e. The molecular weight excluding hydrogens is 380 g/mol. The van der Waals surface area contributed by atoms with Gasteiger partial charge in [0.15, 0.2) is 0 Å². The second kappa shape index (κ2) is 8.74. The summed E-state index contributed by atoms with van der Waals surface area (Å²) in [6.45, 7) is 2.78. The van der Waals surface area contributed by atoms with Gasteiger partial charge in [-0.25, -0.2) is 12.7 Å². The number of sulfonamides is 1. The van der Waals surface area contributed by atoms with Crippen molar-refractivity contribution in [2.75, 3.05) is 27.2 Å². The van der Waals surface area contributed by atoms with Gasteiger partial charge in [-0.15, -0.1) is 0 Å². The Morgan fingerprint density at radius 1 is 1.04 bits per heavy atom. The number of halogens is 1. The number of hydrogen-bond acceptors (Lipinski definition) is 3. The van der Waals surface area contributed by atoms with Crippen LogP contribution in [0.4, 0.5) is 0 Å². The molecule has 146 valence electrons. The zero-order valence-corrected chi connectivity index (χ0v) is 17.5. The molecule has 0 atom stereocenters. The fourth-order valence-corrected chi connectivity index (χ4v) is 4.21. The minimum absolute atomic E-state index is 0.356. The van der Waals surface area contributed by atoms with Gasteiger partial charge in [0, 0.05) is 38.8 Å². The molecule has 0 spiro atoms. The molecule has 1 aliphatic rings. The van der Waals surface area contributed by atoms with Crippen LogP contribution in [0.1, 0.15) is 24.0 Å². The lowest BCUT2D eigenvalue weighted by Gasteiger charge is -2.23. The zero-order valence-electron chi connectivity index (χ0n) is 15.9. The molecular formula is C21H27ClN2O2S. The first-order chi connectivity index (χ1) is 12.8. The topological polar surface area (TPSA) is 40.6 Å². The van der Waals surface area contributed by atoms with Crippen LogP contribution in [0.2, 0.25) is 5.02 Å². The van der Waals surface area contributed by atoms with Gasteiger partial charge in [-0.3, -0.25) is 4.90 Å². The lowest BCUT2D eigenvalue weighted by atomic mass is 10.1. The Morgan fingerprint density at radius 3 is 2.37 bits per heavy atom. The Bertz CT molecular complexity index is 862. The molecule has 0 aromatic heterocycles. The molecule has 0 saturated heterocycles. The molecule has 1 fully saturated rings. The average molecular weight is 407 g/mol. The summed E-state index contributed by atoms with van der Waals surface area (Å²) in [5, 5.41) is 0.757. The smallest absolute Gasteiger partial charge is 0.242 e. The van der Waals surface area contributed by atoms with Crippen molar-refractivity contribution in [3.63, 3.8) is 0 Å². The summed E-state index contributed by atoms with van der Waals surface area (Å²) in [7, 11) is -0.277. The first kappa shape index (κ1) is 20.3. The highest BCUT2D eigenvalue weighted by atomic mass is 35.5. The highest BCUT2D eigenvalue weighted by Gasteiger charge is 2.24. The molecule has 0 unspecified atom stereocenters. The van der Waals surface area contributed by atoms with E-state index in [9.17, 15) is 8.42 Å². The van der Waals surface area contributed by atoms with Gasteiger partial charge in [0.05, 0.1) is 4.90 Å². The predicted octanol–water partition coefficient (Wildman–Crippen LogP) is 4.05. The molecule has 27 heavy (non-hydrogen) atoms. The lowest BCUT2D eigenvalue weighted by Crippen LogP contribution is -2.28. The van der Waals surface area contributed by atoms with Crippen molar-refractivity contribution in [2.45, 2.75) is 30.7 Å². The highest BCUT2D eigenvalue weighted by molar-refractivity contribution is 7.89. The van der Waals surface area contributed by atoms with Crippen LogP contribution < -0.4 is 0 Å². The summed E-state index contributed by atoms with van der Waals surface area (Å²) in [4.78, 5) is 2.79. The lowest BCUT2D eigenvalue weighted by molar-refractivity contribution is 0.257. The van der Waals surface area contributed by atoms with Crippen LogP contribution in [0, 0.1) is 5.92 Å². The van der Waals surface area contributed by atoms with Crippen molar-refractivity contribution < 1.29 is 8.42 Å². The van der Waals surface area contributed by atoms with Crippen LogP contribution in [0.3, 0.4) is 0 Å². The molecule has 2 aromatic carbocycles. The van der Waals surface area contributed by atoms with Crippen molar-refractivity contribution in [1.29, 1.82) is 0 Å². The van der Waals surface area contributed by atoms with E-state index in [-0.39, 0.29) is 0 Å². The fourth-order valence-electron chi connectivity index (χ4n) is 3.11. The summed E-state index contributed by atoms with van der Waals surface area (Å²) >= 11 is 5.97. The maximum absolute atomic E-state index is 12.4. The Morgan fingerprint density at radius 2 is 1.74 bits per heavy atom. The summed E-state index contributed by atoms with van der Waals surface area (Å²) in [5.74, 6) is 0.781. The van der Waals surface area contributed by atoms with Crippen LogP contribution in [0.5, 0.6) is 0 Å². The Hall–Kier alpha value is -1.40. The second-order valence-electron chi connectivity index (χ2n) is 7.49. The molecule has 1 aliphatic carbocycles. The zero-order chi connectivity index (χ0) is 19.4. The van der Waals surface area contributed by atoms with Crippen molar-refractivity contribution in [3.8, 4) is 0 Å². The maximum Gasteiger partial charge on any atom is 0.242 e. The van der Waals surface area contributed by atoms with Crippen molar-refractivity contribution in [1.82, 2.24) is 9.21 Å². The van der Waals surface area contributed by atoms with E-state index in [1.807, 2.05) is 24.3 Å². The molecule has 0 amide bonds. The van der Waals surface area contributed by atoms with E-state index in [1.54, 1.807) is 26.2 Å². The van der Waals surface area contributed by atoms with E-state index in [4.69, 9.17) is 11.6 Å². The van der Waals surface area contributed by atoms with Gasteiger partial charge in [-0.2, -0.15) is 0 Å². The second-order valence-corrected chi connectivity index (χ2v) is 10.1. The third-order valence-corrected chi connectivity index (χ3v) is 6.99. The van der Waals surface area contributed by atoms with E-state index >= 15 is 0 Å². The molecule has 0 bridgehead atoms. The Balaban J connectivity index is 1.69. The normalized spacial score (nSPS) is 14.9. The Labute approximate surface area is 167 Å². The van der Waals surface area contributed by atoms with Gasteiger partial charge in [-0.1, -0.05) is 35.9 Å². The van der Waals surface area contributed by atoms with Gasteiger partial charge in [0.25, 0.3) is 0 Å². The average Bonchev–Trinajstić information content (AvgIpc) is 3.45. The van der Waals surface area contributed by atoms with Crippen molar-refractivity contribution in [3.05, 3.63) is 64.7 Å². The molecule has 2 aromatic rings. The van der Waals surface area contributed by atoms with Crippen LogP contribution in [-0.4, -0.2) is 44.8 Å². The highest BCUT2D eigenvalue weighted by Crippen LogP contribution is 2.30. The van der Waals surface area contributed by atoms with Crippen LogP contribution in [-0.2, 0) is 23.0 Å². The van der Waals surface area contributed by atoms with Gasteiger partial charge >= 0.3 is 0 Å². The standard InChI is InChI=1S/C21H27ClN2O2S/c1-23(2)27(25,26)21-5-3-4-19(14-21)16-24(15-18-6-7-18)13-12-17-8-10-20(22)11-9-17/h3-5,8-11,14,18H,6-7,12-13,15-16H2,1-2H3. The van der Waals surface area contributed by atoms with E-state index in [1.165, 1.54) is 22.7 Å². The predicted molar refractivity (Wildman–Crippen MR) is 110 cm³/mol. The van der Waals surface area contributed by atoms with Crippen molar-refractivity contribution >= 4 is 21.6 Å². The molecule has 1 saturated carbocycles. The van der Waals surface area contributed by atoms with Gasteiger partial charge in [0.1, 0.15) is 0 Å². The van der Waals surface area contributed by atoms with Crippen LogP contribution in [0.25, 0.3) is 0 Å². The van der Waals surface area contributed by atoms with Gasteiger partial charge in [-0.05, 0) is 60.6 Å². The third-order valence-electron chi connectivity index (χ3n) is 4.93. The quantitative estimate of drug-likeness (QED) is 0.630. The SMILES string of the molecule is CN(C)S(=O)(=O)c1cccc(CN(CCc2ccc(Cl)cc2)CC2CC2)c1. The minimum atomic E-state index is -3.40. The van der Waals surface area contributed by atoms with E-state index in [2.05, 4.69) is 17.0 Å². The number of benzene rings is 2. The molecule has 0 heterocycles. The molecule has 4 nitrogen and oxygen atoms in total. The first-order valence-electron chi connectivity index (χ1n) is 9.33. The van der Waals surface area contributed by atoms with E-state index < -0.39 is 10.0 Å². The van der Waals surface area contributed by atoms with Crippen LogP contribution >= 0.6 is 11.6 Å². The van der Waals surface area contributed by atoms with E-state index in [0.717, 1.165) is 42.6 Å². The van der Waals surface area contributed by atoms with Gasteiger partial charge in [0.2, 0.25) is 10.0 Å². The monoisotopic (exact) mass is 406 g/mol. The molecule has 0 N–H and O–H groups in total. The maximum atomic E-state index is 12.4. The fraction of sp³-hybridized carbons (Fsp3) is 0.429. The van der Waals surface area contributed by atoms with Gasteiger partial charge < -0.3 is 0 Å². The van der Waals surface area contributed by atoms with E-state index in [0.29, 0.717) is 4.90 Å². The number of nitrogens with zero attached hydrogens (tertiary/aromatic N) is 2. The largest absolute Gasteiger partial charge is 0.298 e. The third kappa shape index (κ3) is 5.79. The molecule has 3 rings (SSSR count). The van der Waals surface area contributed by atoms with Crippen LogP contribution in [0.15, 0.2) is 53.4 Å². The Kier molecular flexibility index (Phi) is 6.58. The summed E-state index contributed by atoms with van der Waals surface area (Å²) in [5.41, 5.74) is 2.30. The molecule has 0 aliphatic heterocycles. The molecule has 0 radical (unpaired) electrons. The summed E-state index contributed by atoms with van der Waals surface area (Å²) in [6.07, 6.45) is 3.55. The first-order valence-corrected chi connectivity index (χ1v) is 11.1. The van der Waals surface area contributed by atoms with Crippen molar-refractivity contribution in [2.24, 2.45) is 5.92 Å². The summed E-state index contributed by atoms with van der Waals surface area (Å²) < 4.78 is 26.1. The number of rotatable bonds is 9. The summed E-state index contributed by atoms with van der Waals surface area (Å²) in [6, 6.07) is 15.3.